The first-order chi connectivity index (χ1) is 17.5. The van der Waals surface area contributed by atoms with Crippen LogP contribution in [-0.2, 0) is 11.2 Å². The summed E-state index contributed by atoms with van der Waals surface area (Å²) in [5, 5.41) is 5.54. The van der Waals surface area contributed by atoms with Crippen LogP contribution in [0.5, 0.6) is 0 Å². The number of aromatic nitrogens is 3. The van der Waals surface area contributed by atoms with Gasteiger partial charge in [-0.1, -0.05) is 28.4 Å². The van der Waals surface area contributed by atoms with Crippen molar-refractivity contribution in [3.05, 3.63) is 61.4 Å². The second-order valence-corrected chi connectivity index (χ2v) is 11.4. The van der Waals surface area contributed by atoms with Crippen molar-refractivity contribution >= 4 is 72.2 Å². The predicted octanol–water partition coefficient (Wildman–Crippen LogP) is 6.14. The van der Waals surface area contributed by atoms with E-state index >= 15 is 0 Å². The monoisotopic (exact) mass is 661 g/mol. The van der Waals surface area contributed by atoms with Crippen molar-refractivity contribution in [2.45, 2.75) is 32.1 Å². The van der Waals surface area contributed by atoms with Gasteiger partial charge in [0.05, 0.1) is 18.1 Å². The van der Waals surface area contributed by atoms with Gasteiger partial charge < -0.3 is 19.9 Å². The molecule has 36 heavy (non-hydrogen) atoms. The van der Waals surface area contributed by atoms with Gasteiger partial charge in [0.1, 0.15) is 17.3 Å². The van der Waals surface area contributed by atoms with Crippen molar-refractivity contribution < 1.29 is 9.53 Å². The average molecular weight is 662 g/mol. The molecule has 188 valence electrons. The van der Waals surface area contributed by atoms with Gasteiger partial charge in [-0.3, -0.25) is 0 Å². The van der Waals surface area contributed by atoms with Gasteiger partial charge in [-0.25, -0.2) is 14.8 Å². The van der Waals surface area contributed by atoms with Crippen molar-refractivity contribution in [3.8, 4) is 0 Å². The molecule has 1 aliphatic rings. The first-order valence-electron chi connectivity index (χ1n) is 12.3. The summed E-state index contributed by atoms with van der Waals surface area (Å²) in [6.07, 6.45) is 5.64. The Hall–Kier alpha value is -2.24. The highest BCUT2D eigenvalue weighted by Crippen LogP contribution is 2.31. The summed E-state index contributed by atoms with van der Waals surface area (Å²) in [7, 11) is 1.39. The molecule has 0 unspecified atom stereocenters. The maximum Gasteiger partial charge on any atom is 0.337 e. The van der Waals surface area contributed by atoms with E-state index in [-0.39, 0.29) is 5.97 Å². The molecule has 1 saturated heterocycles. The minimum absolute atomic E-state index is 0.359. The van der Waals surface area contributed by atoms with E-state index in [1.54, 1.807) is 6.07 Å². The van der Waals surface area contributed by atoms with Crippen LogP contribution in [0.2, 0.25) is 0 Å². The number of esters is 1. The Balaban J connectivity index is 1.46. The van der Waals surface area contributed by atoms with E-state index in [1.165, 1.54) is 39.5 Å². The third kappa shape index (κ3) is 5.84. The number of aromatic amines is 1. The molecule has 0 radical (unpaired) electrons. The maximum absolute atomic E-state index is 12.1. The number of H-pyrrole nitrogens is 1. The summed E-state index contributed by atoms with van der Waals surface area (Å²) in [6, 6.07) is 11.9. The minimum Gasteiger partial charge on any atom is -0.465 e. The molecule has 7 nitrogen and oxygen atoms in total. The molecule has 2 aromatic carbocycles. The zero-order valence-electron chi connectivity index (χ0n) is 20.2. The van der Waals surface area contributed by atoms with E-state index in [2.05, 4.69) is 71.9 Å². The lowest BCUT2D eigenvalue weighted by Crippen LogP contribution is -2.31. The third-order valence-corrected chi connectivity index (χ3v) is 7.68. The van der Waals surface area contributed by atoms with Gasteiger partial charge >= 0.3 is 5.97 Å². The van der Waals surface area contributed by atoms with Gasteiger partial charge in [0.25, 0.3) is 0 Å². The summed E-state index contributed by atoms with van der Waals surface area (Å²) in [5.74, 6) is 1.22. The molecule has 9 heteroatoms. The van der Waals surface area contributed by atoms with Gasteiger partial charge in [-0.05, 0) is 97.4 Å². The zero-order valence-corrected chi connectivity index (χ0v) is 24.0. The lowest BCUT2D eigenvalue weighted by atomic mass is 10.1. The van der Waals surface area contributed by atoms with Crippen LogP contribution in [0.3, 0.4) is 0 Å². The van der Waals surface area contributed by atoms with Crippen molar-refractivity contribution in [3.63, 3.8) is 0 Å². The SMILES string of the molecule is COC(=O)c1ccc2c(c1)[nH]c1nc(Cc3cc(Br)cc(I)c3)nc(NCCCN3CCCCC3)c12. The summed E-state index contributed by atoms with van der Waals surface area (Å²) in [4.78, 5) is 27.9. The number of hydrogen-bond donors (Lipinski definition) is 2. The second-order valence-electron chi connectivity index (χ2n) is 9.23. The number of carbonyl (C=O) groups is 1. The average Bonchev–Trinajstić information content (AvgIpc) is 3.23. The van der Waals surface area contributed by atoms with Crippen molar-refractivity contribution in [2.75, 3.05) is 38.6 Å². The highest BCUT2D eigenvalue weighted by atomic mass is 127. The molecular weight excluding hydrogens is 633 g/mol. The fourth-order valence-corrected chi connectivity index (χ4v) is 6.59. The Labute approximate surface area is 232 Å². The number of likely N-dealkylation sites (tertiary alicyclic amines) is 1. The first-order valence-corrected chi connectivity index (χ1v) is 14.2. The molecule has 1 fully saturated rings. The summed E-state index contributed by atoms with van der Waals surface area (Å²) < 4.78 is 7.11. The minimum atomic E-state index is -0.359. The number of anilines is 1. The number of hydrogen-bond acceptors (Lipinski definition) is 6. The Morgan fingerprint density at radius 3 is 2.78 bits per heavy atom. The molecule has 0 aliphatic carbocycles. The topological polar surface area (TPSA) is 83.1 Å². The third-order valence-electron chi connectivity index (χ3n) is 6.60. The van der Waals surface area contributed by atoms with Crippen LogP contribution in [-0.4, -0.2) is 59.1 Å². The highest BCUT2D eigenvalue weighted by molar-refractivity contribution is 14.1. The molecule has 5 rings (SSSR count). The molecule has 0 bridgehead atoms. The molecular formula is C27H29BrIN5O2. The molecule has 0 spiro atoms. The van der Waals surface area contributed by atoms with Crippen molar-refractivity contribution in [2.24, 2.45) is 0 Å². The quantitative estimate of drug-likeness (QED) is 0.134. The fourth-order valence-electron chi connectivity index (χ4n) is 4.89. The fraction of sp³-hybridized carbons (Fsp3) is 0.370. The number of nitrogens with one attached hydrogen (secondary N) is 2. The Morgan fingerprint density at radius 2 is 2.00 bits per heavy atom. The summed E-state index contributed by atoms with van der Waals surface area (Å²) in [6.45, 7) is 4.35. The van der Waals surface area contributed by atoms with Crippen LogP contribution < -0.4 is 5.32 Å². The van der Waals surface area contributed by atoms with Gasteiger partial charge in [0, 0.05) is 31.9 Å². The van der Waals surface area contributed by atoms with Crippen LogP contribution in [0.4, 0.5) is 5.82 Å². The summed E-state index contributed by atoms with van der Waals surface area (Å²) >= 11 is 5.92. The van der Waals surface area contributed by atoms with Crippen LogP contribution >= 0.6 is 38.5 Å². The Bertz CT molecular complexity index is 1380. The van der Waals surface area contributed by atoms with E-state index in [9.17, 15) is 4.79 Å². The summed E-state index contributed by atoms with van der Waals surface area (Å²) in [5.41, 5.74) is 3.26. The smallest absolute Gasteiger partial charge is 0.337 e. The number of nitrogens with zero attached hydrogens (tertiary/aromatic N) is 3. The van der Waals surface area contributed by atoms with E-state index in [0.717, 1.165) is 66.7 Å². The molecule has 4 aromatic rings. The zero-order chi connectivity index (χ0) is 25.1. The van der Waals surface area contributed by atoms with Gasteiger partial charge in [-0.2, -0.15) is 0 Å². The van der Waals surface area contributed by atoms with E-state index in [0.29, 0.717) is 12.0 Å². The molecule has 0 atom stereocenters. The molecule has 1 aliphatic heterocycles. The number of carbonyl (C=O) groups excluding carboxylic acids is 1. The van der Waals surface area contributed by atoms with Crippen LogP contribution in [0.1, 0.15) is 47.4 Å². The van der Waals surface area contributed by atoms with E-state index in [1.807, 2.05) is 12.1 Å². The standard InChI is InChI=1S/C27H29BrIN5O2/c1-36-27(35)18-6-7-21-22(15-18)31-26-24(21)25(30-8-5-11-34-9-3-2-4-10-34)32-23(33-26)14-17-12-19(28)16-20(29)13-17/h6-7,12-13,15-16H,2-5,8-11,14H2,1H3,(H2,30,31,32,33). The lowest BCUT2D eigenvalue weighted by Gasteiger charge is -2.26. The highest BCUT2D eigenvalue weighted by Gasteiger charge is 2.17. The van der Waals surface area contributed by atoms with Crippen LogP contribution in [0.15, 0.2) is 40.9 Å². The largest absolute Gasteiger partial charge is 0.465 e. The number of benzene rings is 2. The number of fused-ring (bicyclic) bond motifs is 3. The lowest BCUT2D eigenvalue weighted by molar-refractivity contribution is 0.0601. The Kier molecular flexibility index (Phi) is 8.07. The second kappa shape index (κ2) is 11.4. The number of methoxy groups -OCH3 is 1. The maximum atomic E-state index is 12.1. The van der Waals surface area contributed by atoms with Gasteiger partial charge in [0.15, 0.2) is 0 Å². The van der Waals surface area contributed by atoms with Crippen molar-refractivity contribution in [1.82, 2.24) is 19.9 Å². The molecule has 3 heterocycles. The van der Waals surface area contributed by atoms with Crippen LogP contribution in [0, 0.1) is 3.57 Å². The molecule has 0 saturated carbocycles. The molecule has 2 N–H and O–H groups in total. The number of rotatable bonds is 8. The van der Waals surface area contributed by atoms with Crippen molar-refractivity contribution in [1.29, 1.82) is 0 Å². The number of piperidine rings is 1. The molecule has 2 aromatic heterocycles. The van der Waals surface area contributed by atoms with Gasteiger partial charge in [-0.15, -0.1) is 0 Å². The normalized spacial score (nSPS) is 14.4. The first kappa shape index (κ1) is 25.4. The molecule has 0 amide bonds. The van der Waals surface area contributed by atoms with E-state index < -0.39 is 0 Å². The van der Waals surface area contributed by atoms with E-state index in [4.69, 9.17) is 14.7 Å². The number of halogens is 2. The number of ether oxygens (including phenoxy) is 1. The predicted molar refractivity (Wildman–Crippen MR) is 156 cm³/mol. The Morgan fingerprint density at radius 1 is 1.17 bits per heavy atom. The van der Waals surface area contributed by atoms with Gasteiger partial charge in [0.2, 0.25) is 0 Å². The van der Waals surface area contributed by atoms with Crippen LogP contribution in [0.25, 0.3) is 21.9 Å².